The second kappa shape index (κ2) is 6.12. The van der Waals surface area contributed by atoms with Gasteiger partial charge in [0.1, 0.15) is 6.29 Å². The molecule has 0 unspecified atom stereocenters. The van der Waals surface area contributed by atoms with E-state index in [1.807, 2.05) is 0 Å². The Labute approximate surface area is 156 Å². The van der Waals surface area contributed by atoms with E-state index in [1.54, 1.807) is 0 Å². The second-order valence-corrected chi connectivity index (χ2v) is 10.1. The van der Waals surface area contributed by atoms with Crippen LogP contribution in [0.4, 0.5) is 0 Å². The zero-order chi connectivity index (χ0) is 18.7. The quantitative estimate of drug-likeness (QED) is 0.420. The molecule has 0 saturated heterocycles. The molecule has 4 fully saturated rings. The summed E-state index contributed by atoms with van der Waals surface area (Å²) >= 11 is 0. The minimum Gasteiger partial charge on any atom is -0.361 e. The van der Waals surface area contributed by atoms with Gasteiger partial charge in [-0.25, -0.2) is 0 Å². The summed E-state index contributed by atoms with van der Waals surface area (Å²) < 4.78 is 0. The molecule has 0 bridgehead atoms. The van der Waals surface area contributed by atoms with E-state index in [0.29, 0.717) is 41.2 Å². The summed E-state index contributed by atoms with van der Waals surface area (Å²) in [5.74, 6) is 2.90. The molecule has 0 aromatic rings. The highest BCUT2D eigenvalue weighted by molar-refractivity contribution is 6.39. The third kappa shape index (κ3) is 2.27. The third-order valence-electron chi connectivity index (χ3n) is 9.41. The number of hydrogen-bond acceptors (Lipinski definition) is 2. The largest absolute Gasteiger partial charge is 0.361 e. The van der Waals surface area contributed by atoms with Crippen molar-refractivity contribution in [3.8, 4) is 0 Å². The Hall–Kier alpha value is -1.28. The second-order valence-electron chi connectivity index (χ2n) is 10.1. The lowest BCUT2D eigenvalue weighted by Gasteiger charge is -2.59. The molecule has 0 radical (unpaired) electrons. The number of aldehydes is 1. The highest BCUT2D eigenvalue weighted by Gasteiger charge is 2.63. The van der Waals surface area contributed by atoms with Gasteiger partial charge in [-0.3, -0.25) is 4.79 Å². The zero-order valence-corrected chi connectivity index (χ0v) is 16.4. The van der Waals surface area contributed by atoms with E-state index in [-0.39, 0.29) is 23.0 Å². The van der Waals surface area contributed by atoms with Crippen molar-refractivity contribution in [3.63, 3.8) is 0 Å². The van der Waals surface area contributed by atoms with E-state index in [2.05, 4.69) is 25.6 Å². The predicted octanol–water partition coefficient (Wildman–Crippen LogP) is 4.33. The summed E-state index contributed by atoms with van der Waals surface area (Å²) in [6.07, 6.45) is 9.58. The molecule has 4 rings (SSSR count). The van der Waals surface area contributed by atoms with Crippen LogP contribution in [0.1, 0.15) is 72.1 Å². The predicted molar refractivity (Wildman–Crippen MR) is 99.5 cm³/mol. The van der Waals surface area contributed by atoms with Crippen LogP contribution in [-0.4, -0.2) is 22.6 Å². The Morgan fingerprint density at radius 3 is 2.50 bits per heavy atom. The fraction of sp³-hybridized carbons (Fsp3) is 0.864. The molecule has 4 heteroatoms. The molecule has 0 spiro atoms. The minimum absolute atomic E-state index is 0.0508. The fourth-order valence-corrected chi connectivity index (χ4v) is 8.09. The maximum absolute atomic E-state index is 12.2. The molecular weight excluding hydrogens is 324 g/mol. The Morgan fingerprint density at radius 1 is 1.08 bits per heavy atom. The smallest absolute Gasteiger partial charge is 0.337 e. The number of fused-ring (bicyclic) bond motifs is 5. The minimum atomic E-state index is 0.0508. The molecule has 0 aromatic carbocycles. The van der Waals surface area contributed by atoms with E-state index in [0.717, 1.165) is 19.3 Å². The van der Waals surface area contributed by atoms with Crippen molar-refractivity contribution in [2.45, 2.75) is 72.1 Å². The molecule has 0 aliphatic heterocycles. The first-order valence-electron chi connectivity index (χ1n) is 10.6. The summed E-state index contributed by atoms with van der Waals surface area (Å²) in [7, 11) is 0. The Balaban J connectivity index is 1.65. The monoisotopic (exact) mass is 356 g/mol. The fourth-order valence-electron chi connectivity index (χ4n) is 8.09. The van der Waals surface area contributed by atoms with Crippen LogP contribution in [0.5, 0.6) is 0 Å². The van der Waals surface area contributed by atoms with Gasteiger partial charge in [-0.1, -0.05) is 20.8 Å². The lowest BCUT2D eigenvalue weighted by molar-refractivity contribution is -0.134. The van der Waals surface area contributed by atoms with E-state index < -0.39 is 0 Å². The lowest BCUT2D eigenvalue weighted by atomic mass is 9.44. The van der Waals surface area contributed by atoms with E-state index in [1.165, 1.54) is 32.0 Å². The summed E-state index contributed by atoms with van der Waals surface area (Å²) in [6.45, 7) is 6.91. The normalized spacial score (nSPS) is 48.8. The molecule has 142 valence electrons. The summed E-state index contributed by atoms with van der Waals surface area (Å²) in [5.41, 5.74) is 10.3. The Morgan fingerprint density at radius 2 is 1.81 bits per heavy atom. The van der Waals surface area contributed by atoms with Gasteiger partial charge < -0.3 is 10.3 Å². The average Bonchev–Trinajstić information content (AvgIpc) is 2.99. The first-order chi connectivity index (χ1) is 12.4. The maximum Gasteiger partial charge on any atom is 0.337 e. The lowest BCUT2D eigenvalue weighted by Crippen LogP contribution is -2.56. The SMILES string of the molecule is C[C@@H](C=O)[C@H]1CC[C@H]2[C@@H]3CC[C@H]4C(=[N+]=[N-])C(=O)CC[C@]4(C)[C@H]3CC[C@]12C. The Kier molecular flexibility index (Phi) is 4.26. The molecule has 26 heavy (non-hydrogen) atoms. The molecular formula is C22H32N2O2. The number of carbonyl (C=O) groups excluding carboxylic acids is 2. The first kappa shape index (κ1) is 18.1. The summed E-state index contributed by atoms with van der Waals surface area (Å²) in [6, 6.07) is 0. The van der Waals surface area contributed by atoms with Crippen LogP contribution >= 0.6 is 0 Å². The molecule has 4 aliphatic rings. The number of hydrogen-bond donors (Lipinski definition) is 0. The van der Waals surface area contributed by atoms with Gasteiger partial charge in [-0.2, -0.15) is 4.79 Å². The van der Waals surface area contributed by atoms with Crippen molar-refractivity contribution in [1.82, 2.24) is 0 Å². The van der Waals surface area contributed by atoms with E-state index in [9.17, 15) is 15.1 Å². The number of carbonyl (C=O) groups is 2. The molecule has 0 aromatic heterocycles. The summed E-state index contributed by atoms with van der Waals surface area (Å²) in [5, 5.41) is 0. The van der Waals surface area contributed by atoms with Crippen LogP contribution < -0.4 is 0 Å². The van der Waals surface area contributed by atoms with E-state index in [4.69, 9.17) is 0 Å². The van der Waals surface area contributed by atoms with Gasteiger partial charge in [0.05, 0.1) is 5.92 Å². The molecule has 4 aliphatic carbocycles. The van der Waals surface area contributed by atoms with Crippen molar-refractivity contribution < 1.29 is 14.4 Å². The number of nitrogens with zero attached hydrogens (tertiary/aromatic N) is 2. The summed E-state index contributed by atoms with van der Waals surface area (Å²) in [4.78, 5) is 27.2. The molecule has 8 atom stereocenters. The highest BCUT2D eigenvalue weighted by Crippen LogP contribution is 2.67. The van der Waals surface area contributed by atoms with Gasteiger partial charge in [0, 0.05) is 12.3 Å². The maximum atomic E-state index is 12.2. The Bertz CT molecular complexity index is 682. The molecule has 0 heterocycles. The highest BCUT2D eigenvalue weighted by atomic mass is 16.1. The number of ketones is 1. The van der Waals surface area contributed by atoms with Crippen LogP contribution in [-0.2, 0) is 9.59 Å². The van der Waals surface area contributed by atoms with Crippen LogP contribution in [0, 0.1) is 46.3 Å². The molecule has 4 saturated carbocycles. The number of Topliss-reactive ketones (excluding diaryl/α,β-unsaturated/α-hetero) is 1. The van der Waals surface area contributed by atoms with Gasteiger partial charge in [0.2, 0.25) is 5.78 Å². The van der Waals surface area contributed by atoms with Crippen molar-refractivity contribution >= 4 is 17.8 Å². The van der Waals surface area contributed by atoms with Crippen molar-refractivity contribution in [3.05, 3.63) is 5.53 Å². The van der Waals surface area contributed by atoms with Gasteiger partial charge in [0.25, 0.3) is 0 Å². The van der Waals surface area contributed by atoms with Crippen molar-refractivity contribution in [2.75, 3.05) is 0 Å². The zero-order valence-electron chi connectivity index (χ0n) is 16.4. The van der Waals surface area contributed by atoms with Crippen LogP contribution in [0.25, 0.3) is 5.53 Å². The topological polar surface area (TPSA) is 70.5 Å². The van der Waals surface area contributed by atoms with Gasteiger partial charge >= 0.3 is 5.71 Å². The van der Waals surface area contributed by atoms with Crippen LogP contribution in [0.3, 0.4) is 0 Å². The number of rotatable bonds is 2. The van der Waals surface area contributed by atoms with Gasteiger partial charge in [0.15, 0.2) is 0 Å². The van der Waals surface area contributed by atoms with E-state index >= 15 is 0 Å². The molecule has 0 amide bonds. The average molecular weight is 357 g/mol. The van der Waals surface area contributed by atoms with Gasteiger partial charge in [-0.05, 0) is 79.4 Å². The van der Waals surface area contributed by atoms with Crippen molar-refractivity contribution in [2.24, 2.45) is 46.3 Å². The third-order valence-corrected chi connectivity index (χ3v) is 9.41. The standard InChI is InChI=1S/C22H32N2O2/c1-13(12-25)15-6-7-16-14-4-5-18-20(24-23)19(26)9-11-22(18,3)17(14)8-10-21(15,16)2/h12-18H,4-11H2,1-3H3/t13-,14-,15+,16-,17-,18-,21+,22+/m0/s1. The molecule has 4 nitrogen and oxygen atoms in total. The van der Waals surface area contributed by atoms with Crippen molar-refractivity contribution in [1.29, 1.82) is 0 Å². The van der Waals surface area contributed by atoms with Crippen LogP contribution in [0.2, 0.25) is 0 Å². The first-order valence-corrected chi connectivity index (χ1v) is 10.6. The molecule has 0 N–H and O–H groups in total. The van der Waals surface area contributed by atoms with Crippen LogP contribution in [0.15, 0.2) is 0 Å². The van der Waals surface area contributed by atoms with Gasteiger partial charge in [-0.15, -0.1) is 0 Å².